The van der Waals surface area contributed by atoms with Crippen LogP contribution in [0.25, 0.3) is 11.1 Å². The summed E-state index contributed by atoms with van der Waals surface area (Å²) in [6, 6.07) is 23.8. The van der Waals surface area contributed by atoms with Crippen molar-refractivity contribution in [1.29, 1.82) is 0 Å². The highest BCUT2D eigenvalue weighted by atomic mass is 31.2. The molecular formula is C43H47F2N4O10P. The van der Waals surface area contributed by atoms with Gasteiger partial charge in [-0.05, 0) is 52.1 Å². The highest BCUT2D eigenvalue weighted by Crippen LogP contribution is 2.59. The van der Waals surface area contributed by atoms with Gasteiger partial charge < -0.3 is 40.9 Å². The van der Waals surface area contributed by atoms with Gasteiger partial charge in [0, 0.05) is 24.3 Å². The summed E-state index contributed by atoms with van der Waals surface area (Å²) in [7, 11) is -5.88. The fourth-order valence-electron chi connectivity index (χ4n) is 6.84. The monoisotopic (exact) mass is 848 g/mol. The van der Waals surface area contributed by atoms with E-state index in [0.29, 0.717) is 0 Å². The first kappa shape index (κ1) is 45.1. The van der Waals surface area contributed by atoms with Crippen LogP contribution in [0.5, 0.6) is 0 Å². The summed E-state index contributed by atoms with van der Waals surface area (Å²) in [5.74, 6) is -3.77. The van der Waals surface area contributed by atoms with Gasteiger partial charge in [0.15, 0.2) is 0 Å². The number of halogens is 2. The van der Waals surface area contributed by atoms with Crippen LogP contribution in [0.3, 0.4) is 0 Å². The Hall–Kier alpha value is -5.96. The van der Waals surface area contributed by atoms with Crippen LogP contribution in [0, 0.1) is 5.92 Å². The number of alkyl carbamates (subject to hydrolysis) is 1. The summed E-state index contributed by atoms with van der Waals surface area (Å²) in [5, 5.41) is 7.57. The average molecular weight is 849 g/mol. The first-order valence-electron chi connectivity index (χ1n) is 19.2. The second kappa shape index (κ2) is 19.9. The van der Waals surface area contributed by atoms with Crippen molar-refractivity contribution in [1.82, 2.24) is 16.0 Å². The Morgan fingerprint density at radius 3 is 1.85 bits per heavy atom. The lowest BCUT2D eigenvalue weighted by Crippen LogP contribution is -2.57. The van der Waals surface area contributed by atoms with Crippen LogP contribution in [0.4, 0.5) is 13.6 Å². The fourth-order valence-corrected chi connectivity index (χ4v) is 7.33. The molecule has 3 atom stereocenters. The zero-order valence-electron chi connectivity index (χ0n) is 32.9. The molecule has 1 aliphatic rings. The summed E-state index contributed by atoms with van der Waals surface area (Å²) in [6.45, 7) is 3.44. The number of nitrogens with two attached hydrogens (primary N) is 1. The Morgan fingerprint density at radius 2 is 1.28 bits per heavy atom. The first-order chi connectivity index (χ1) is 28.4. The number of primary amides is 1. The van der Waals surface area contributed by atoms with Crippen LogP contribution in [-0.2, 0) is 51.9 Å². The number of ether oxygens (including phenoxy) is 2. The molecule has 5 rings (SSSR count). The molecule has 17 heteroatoms. The fraction of sp³-hybridized carbons (Fsp3) is 0.326. The van der Waals surface area contributed by atoms with E-state index in [1.54, 1.807) is 44.2 Å². The van der Waals surface area contributed by atoms with Crippen LogP contribution < -0.4 is 21.7 Å². The molecule has 0 heterocycles. The molecule has 0 bridgehead atoms. The van der Waals surface area contributed by atoms with E-state index in [0.717, 1.165) is 52.1 Å². The molecule has 0 aromatic heterocycles. The standard InChI is InChI=1S/C43H47F2N4O10P/c1-26(2)22-36(39(46)51)47-41(53)37(23-27-16-18-29(19-17-27)43(44,45)60(55,56)57)48-40(52)35(20-21-38(50)58-24-28-10-4-3-5-11-28)49-42(54)59-25-34-32-14-8-6-12-30(32)31-13-7-9-15-33(31)34/h3-19,26,34-37H,20-25H2,1-2H3,(H2,46,51)(H,47,53)(H,48,52)(H,49,54)(H2,55,56,57)/t35?,36-,37-/m0/s1. The summed E-state index contributed by atoms with van der Waals surface area (Å²) in [5.41, 5.74) is 4.85. The molecule has 4 aromatic carbocycles. The Labute approximate surface area is 345 Å². The van der Waals surface area contributed by atoms with E-state index < -0.39 is 66.7 Å². The van der Waals surface area contributed by atoms with E-state index in [9.17, 15) is 47.1 Å². The molecule has 60 heavy (non-hydrogen) atoms. The van der Waals surface area contributed by atoms with Crippen LogP contribution in [0.1, 0.15) is 66.8 Å². The second-order valence-corrected chi connectivity index (χ2v) is 16.5. The minimum atomic E-state index is -5.88. The molecule has 4 amide bonds. The maximum absolute atomic E-state index is 14.4. The van der Waals surface area contributed by atoms with Crippen LogP contribution in [0.15, 0.2) is 103 Å². The van der Waals surface area contributed by atoms with Gasteiger partial charge in [-0.15, -0.1) is 0 Å². The van der Waals surface area contributed by atoms with Gasteiger partial charge in [0.05, 0.1) is 0 Å². The molecule has 318 valence electrons. The second-order valence-electron chi connectivity index (χ2n) is 14.8. The normalized spacial score (nSPS) is 13.9. The average Bonchev–Trinajstić information content (AvgIpc) is 3.53. The zero-order chi connectivity index (χ0) is 43.6. The van der Waals surface area contributed by atoms with Gasteiger partial charge >= 0.3 is 25.3 Å². The number of rotatable bonds is 19. The Morgan fingerprint density at radius 1 is 0.733 bits per heavy atom. The van der Waals surface area contributed by atoms with Gasteiger partial charge in [-0.2, -0.15) is 8.78 Å². The molecule has 0 aliphatic heterocycles. The van der Waals surface area contributed by atoms with Crippen molar-refractivity contribution >= 4 is 37.4 Å². The molecule has 4 aromatic rings. The van der Waals surface area contributed by atoms with Crippen molar-refractivity contribution < 1.29 is 56.6 Å². The zero-order valence-corrected chi connectivity index (χ0v) is 33.8. The van der Waals surface area contributed by atoms with E-state index >= 15 is 0 Å². The molecule has 0 saturated heterocycles. The summed E-state index contributed by atoms with van der Waals surface area (Å²) >= 11 is 0. The lowest BCUT2D eigenvalue weighted by molar-refractivity contribution is -0.145. The molecule has 0 radical (unpaired) electrons. The Bertz CT molecular complexity index is 2170. The van der Waals surface area contributed by atoms with E-state index in [1.807, 2.05) is 48.5 Å². The molecule has 0 saturated carbocycles. The third-order valence-electron chi connectivity index (χ3n) is 9.94. The summed E-state index contributed by atoms with van der Waals surface area (Å²) in [6.07, 6.45) is -1.88. The van der Waals surface area contributed by atoms with Crippen molar-refractivity contribution in [3.8, 4) is 11.1 Å². The number of carbonyl (C=O) groups excluding carboxylic acids is 5. The number of amides is 4. The quantitative estimate of drug-likeness (QED) is 0.0522. The lowest BCUT2D eigenvalue weighted by atomic mass is 9.98. The minimum Gasteiger partial charge on any atom is -0.461 e. The molecule has 1 unspecified atom stereocenters. The molecule has 14 nitrogen and oxygen atoms in total. The molecular weight excluding hydrogens is 801 g/mol. The number of fused-ring (bicyclic) bond motifs is 3. The van der Waals surface area contributed by atoms with Crippen molar-refractivity contribution in [2.45, 2.75) is 75.8 Å². The third-order valence-corrected chi connectivity index (χ3v) is 10.9. The van der Waals surface area contributed by atoms with Gasteiger partial charge in [0.1, 0.15) is 31.3 Å². The predicted octanol–water partition coefficient (Wildman–Crippen LogP) is 5.39. The number of esters is 1. The van der Waals surface area contributed by atoms with Crippen LogP contribution in [-0.4, -0.2) is 64.3 Å². The number of nitrogens with one attached hydrogen (secondary N) is 3. The van der Waals surface area contributed by atoms with E-state index in [2.05, 4.69) is 16.0 Å². The molecule has 0 spiro atoms. The van der Waals surface area contributed by atoms with E-state index in [4.69, 9.17) is 15.2 Å². The Kier molecular flexibility index (Phi) is 14.9. The van der Waals surface area contributed by atoms with Crippen molar-refractivity contribution in [3.05, 3.63) is 131 Å². The maximum Gasteiger partial charge on any atom is 0.407 e. The molecule has 1 aliphatic carbocycles. The predicted molar refractivity (Wildman–Crippen MR) is 216 cm³/mol. The van der Waals surface area contributed by atoms with Gasteiger partial charge in [-0.3, -0.25) is 23.7 Å². The number of benzene rings is 4. The largest absolute Gasteiger partial charge is 0.461 e. The Balaban J connectivity index is 1.36. The highest BCUT2D eigenvalue weighted by Gasteiger charge is 2.50. The number of hydrogen-bond donors (Lipinski definition) is 6. The van der Waals surface area contributed by atoms with Crippen LogP contribution in [0.2, 0.25) is 0 Å². The van der Waals surface area contributed by atoms with E-state index in [1.165, 1.54) is 0 Å². The molecule has 0 fully saturated rings. The van der Waals surface area contributed by atoms with Gasteiger partial charge in [-0.25, -0.2) is 4.79 Å². The van der Waals surface area contributed by atoms with Crippen molar-refractivity contribution in [2.75, 3.05) is 6.61 Å². The van der Waals surface area contributed by atoms with Crippen molar-refractivity contribution in [3.63, 3.8) is 0 Å². The van der Waals surface area contributed by atoms with Crippen molar-refractivity contribution in [2.24, 2.45) is 11.7 Å². The molecule has 7 N–H and O–H groups in total. The number of alkyl halides is 2. The summed E-state index contributed by atoms with van der Waals surface area (Å²) in [4.78, 5) is 84.8. The van der Waals surface area contributed by atoms with Gasteiger partial charge in [0.25, 0.3) is 0 Å². The SMILES string of the molecule is CC(C)C[C@H](NC(=O)[C@H](Cc1ccc(C(F)(F)P(=O)(O)O)cc1)NC(=O)C(CCC(=O)OCc1ccccc1)NC(=O)OCC1c2ccccc2-c2ccccc21)C(N)=O. The lowest BCUT2D eigenvalue weighted by Gasteiger charge is -2.25. The smallest absolute Gasteiger partial charge is 0.407 e. The number of hydrogen-bond acceptors (Lipinski definition) is 8. The van der Waals surface area contributed by atoms with E-state index in [-0.39, 0.29) is 56.3 Å². The van der Waals surface area contributed by atoms with Crippen LogP contribution >= 0.6 is 7.60 Å². The minimum absolute atomic E-state index is 0.0467. The highest BCUT2D eigenvalue weighted by molar-refractivity contribution is 7.52. The topological polar surface area (TPSA) is 223 Å². The number of carbonyl (C=O) groups is 5. The van der Waals surface area contributed by atoms with Gasteiger partial charge in [-0.1, -0.05) is 117 Å². The third kappa shape index (κ3) is 11.6. The summed E-state index contributed by atoms with van der Waals surface area (Å²) < 4.78 is 51.3. The first-order valence-corrected chi connectivity index (χ1v) is 20.8. The maximum atomic E-state index is 14.4. The van der Waals surface area contributed by atoms with Gasteiger partial charge in [0.2, 0.25) is 17.7 Å².